The van der Waals surface area contributed by atoms with Crippen LogP contribution in [0.15, 0.2) is 18.5 Å². The van der Waals surface area contributed by atoms with Crippen molar-refractivity contribution in [3.63, 3.8) is 0 Å². The van der Waals surface area contributed by atoms with Crippen molar-refractivity contribution in [1.82, 2.24) is 4.31 Å². The van der Waals surface area contributed by atoms with Crippen LogP contribution in [0.1, 0.15) is 12.8 Å². The lowest BCUT2D eigenvalue weighted by Crippen LogP contribution is -2.27. The molecule has 2 rings (SSSR count). The van der Waals surface area contributed by atoms with Crippen LogP contribution in [0.2, 0.25) is 0 Å². The van der Waals surface area contributed by atoms with Crippen molar-refractivity contribution in [3.8, 4) is 0 Å². The summed E-state index contributed by atoms with van der Waals surface area (Å²) in [5, 5.41) is 0. The molecule has 0 unspecified atom stereocenters. The molecule has 3 nitrogen and oxygen atoms in total. The number of hydrogen-bond donors (Lipinski definition) is 0. The zero-order valence-electron chi connectivity index (χ0n) is 7.74. The van der Waals surface area contributed by atoms with Gasteiger partial charge in [0, 0.05) is 17.6 Å². The summed E-state index contributed by atoms with van der Waals surface area (Å²) in [6.45, 7) is 1.29. The van der Waals surface area contributed by atoms with Crippen molar-refractivity contribution in [2.75, 3.05) is 13.1 Å². The predicted molar refractivity (Wildman–Crippen MR) is 67.7 cm³/mol. The van der Waals surface area contributed by atoms with Crippen LogP contribution in [-0.2, 0) is 10.0 Å². The molecular weight excluding hydrogens is 366 g/mol. The van der Waals surface area contributed by atoms with Crippen molar-refractivity contribution < 1.29 is 8.42 Å². The van der Waals surface area contributed by atoms with Crippen molar-refractivity contribution in [1.29, 1.82) is 0 Å². The fourth-order valence-electron chi connectivity index (χ4n) is 1.55. The number of thiophene rings is 1. The third-order valence-corrected chi connectivity index (χ3v) is 7.46. The maximum atomic E-state index is 12.2. The van der Waals surface area contributed by atoms with Crippen LogP contribution in [0.5, 0.6) is 0 Å². The van der Waals surface area contributed by atoms with Gasteiger partial charge in [-0.3, -0.25) is 0 Å². The van der Waals surface area contributed by atoms with E-state index in [2.05, 4.69) is 31.9 Å². The second-order valence-electron chi connectivity index (χ2n) is 3.30. The first kappa shape index (κ1) is 12.0. The molecule has 0 amide bonds. The van der Waals surface area contributed by atoms with E-state index in [4.69, 9.17) is 0 Å². The standard InChI is InChI=1S/C8H9Br2NO2S2/c9-6-5-7(10)14-8(6)15(12,13)11-3-1-2-4-11/h5H,1-4H2. The van der Waals surface area contributed by atoms with Gasteiger partial charge in [-0.05, 0) is 50.8 Å². The van der Waals surface area contributed by atoms with E-state index in [-0.39, 0.29) is 0 Å². The SMILES string of the molecule is O=S(=O)(c1sc(Br)cc1Br)N1CCCC1. The van der Waals surface area contributed by atoms with Gasteiger partial charge in [0.2, 0.25) is 0 Å². The van der Waals surface area contributed by atoms with E-state index < -0.39 is 10.0 Å². The highest BCUT2D eigenvalue weighted by molar-refractivity contribution is 9.11. The average Bonchev–Trinajstić information content (AvgIpc) is 2.74. The predicted octanol–water partition coefficient (Wildman–Crippen LogP) is 3.06. The zero-order chi connectivity index (χ0) is 11.1. The van der Waals surface area contributed by atoms with Crippen molar-refractivity contribution in [3.05, 3.63) is 14.3 Å². The quantitative estimate of drug-likeness (QED) is 0.797. The van der Waals surface area contributed by atoms with Gasteiger partial charge in [-0.2, -0.15) is 4.31 Å². The lowest BCUT2D eigenvalue weighted by molar-refractivity contribution is 0.479. The molecule has 0 saturated carbocycles. The third kappa shape index (κ3) is 2.31. The monoisotopic (exact) mass is 373 g/mol. The molecule has 84 valence electrons. The minimum atomic E-state index is -3.27. The van der Waals surface area contributed by atoms with Gasteiger partial charge in [-0.15, -0.1) is 11.3 Å². The maximum Gasteiger partial charge on any atom is 0.253 e. The molecule has 7 heteroatoms. The topological polar surface area (TPSA) is 37.4 Å². The zero-order valence-corrected chi connectivity index (χ0v) is 12.5. The molecule has 0 bridgehead atoms. The maximum absolute atomic E-state index is 12.2. The second kappa shape index (κ2) is 4.44. The van der Waals surface area contributed by atoms with Crippen LogP contribution >= 0.6 is 43.2 Å². The van der Waals surface area contributed by atoms with E-state index in [0.717, 1.165) is 16.6 Å². The van der Waals surface area contributed by atoms with E-state index >= 15 is 0 Å². The summed E-state index contributed by atoms with van der Waals surface area (Å²) in [6, 6.07) is 1.77. The van der Waals surface area contributed by atoms with E-state index in [1.807, 2.05) is 0 Å². The molecule has 1 fully saturated rings. The molecular formula is C8H9Br2NO2S2. The number of sulfonamides is 1. The Labute approximate surface area is 110 Å². The summed E-state index contributed by atoms with van der Waals surface area (Å²) in [4.78, 5) is 0. The third-order valence-electron chi connectivity index (χ3n) is 2.26. The molecule has 1 aliphatic heterocycles. The molecule has 15 heavy (non-hydrogen) atoms. The molecule has 0 aromatic carbocycles. The van der Waals surface area contributed by atoms with E-state index in [9.17, 15) is 8.42 Å². The Kier molecular flexibility index (Phi) is 3.57. The average molecular weight is 375 g/mol. The fourth-order valence-corrected chi connectivity index (χ4v) is 6.92. The summed E-state index contributed by atoms with van der Waals surface area (Å²) in [5.41, 5.74) is 0. The van der Waals surface area contributed by atoms with E-state index in [1.54, 1.807) is 10.4 Å². The van der Waals surface area contributed by atoms with Gasteiger partial charge < -0.3 is 0 Å². The van der Waals surface area contributed by atoms with Crippen LogP contribution in [0.3, 0.4) is 0 Å². The molecule has 1 aliphatic rings. The van der Waals surface area contributed by atoms with Gasteiger partial charge in [0.15, 0.2) is 0 Å². The van der Waals surface area contributed by atoms with Gasteiger partial charge in [0.1, 0.15) is 4.21 Å². The van der Waals surface area contributed by atoms with Crippen LogP contribution in [0, 0.1) is 0 Å². The summed E-state index contributed by atoms with van der Waals surface area (Å²) < 4.78 is 27.7. The molecule has 0 radical (unpaired) electrons. The summed E-state index contributed by atoms with van der Waals surface area (Å²) in [7, 11) is -3.27. The minimum absolute atomic E-state index is 0.399. The van der Waals surface area contributed by atoms with Crippen molar-refractivity contribution in [2.45, 2.75) is 17.1 Å². The summed E-state index contributed by atoms with van der Waals surface area (Å²) >= 11 is 7.81. The Morgan fingerprint density at radius 2 is 1.87 bits per heavy atom. The van der Waals surface area contributed by atoms with Crippen LogP contribution in [0.4, 0.5) is 0 Å². The Hall–Kier alpha value is 0.570. The largest absolute Gasteiger partial charge is 0.253 e. The normalized spacial score (nSPS) is 18.5. The number of hydrogen-bond acceptors (Lipinski definition) is 3. The van der Waals surface area contributed by atoms with E-state index in [0.29, 0.717) is 21.8 Å². The second-order valence-corrected chi connectivity index (χ2v) is 8.72. The first-order chi connectivity index (χ1) is 7.01. The molecule has 0 spiro atoms. The molecule has 0 N–H and O–H groups in total. The molecule has 2 heterocycles. The summed E-state index contributed by atoms with van der Waals surface area (Å²) in [6.07, 6.45) is 1.92. The Bertz CT molecular complexity index is 463. The molecule has 0 atom stereocenters. The van der Waals surface area contributed by atoms with Gasteiger partial charge in [-0.25, -0.2) is 8.42 Å². The van der Waals surface area contributed by atoms with Crippen molar-refractivity contribution in [2.24, 2.45) is 0 Å². The van der Waals surface area contributed by atoms with Gasteiger partial charge in [0.05, 0.1) is 3.79 Å². The molecule has 1 aromatic heterocycles. The smallest absolute Gasteiger partial charge is 0.206 e. The van der Waals surface area contributed by atoms with Gasteiger partial charge in [-0.1, -0.05) is 0 Å². The van der Waals surface area contributed by atoms with Crippen LogP contribution in [0.25, 0.3) is 0 Å². The number of rotatable bonds is 2. The first-order valence-corrected chi connectivity index (χ1v) is 8.31. The lowest BCUT2D eigenvalue weighted by atomic mass is 10.4. The van der Waals surface area contributed by atoms with Crippen LogP contribution < -0.4 is 0 Å². The Balaban J connectivity index is 2.40. The van der Waals surface area contributed by atoms with Crippen molar-refractivity contribution >= 4 is 53.2 Å². The Morgan fingerprint density at radius 3 is 2.33 bits per heavy atom. The molecule has 1 saturated heterocycles. The first-order valence-electron chi connectivity index (χ1n) is 4.47. The Morgan fingerprint density at radius 1 is 1.27 bits per heavy atom. The lowest BCUT2D eigenvalue weighted by Gasteiger charge is -2.13. The fraction of sp³-hybridized carbons (Fsp3) is 0.500. The molecule has 0 aliphatic carbocycles. The number of halogens is 2. The summed E-state index contributed by atoms with van der Waals surface area (Å²) in [5.74, 6) is 0. The highest BCUT2D eigenvalue weighted by Gasteiger charge is 2.30. The number of nitrogens with zero attached hydrogens (tertiary/aromatic N) is 1. The van der Waals surface area contributed by atoms with E-state index in [1.165, 1.54) is 11.3 Å². The van der Waals surface area contributed by atoms with Crippen LogP contribution in [-0.4, -0.2) is 25.8 Å². The minimum Gasteiger partial charge on any atom is -0.206 e. The highest BCUT2D eigenvalue weighted by Crippen LogP contribution is 2.37. The highest BCUT2D eigenvalue weighted by atomic mass is 79.9. The van der Waals surface area contributed by atoms with Gasteiger partial charge >= 0.3 is 0 Å². The van der Waals surface area contributed by atoms with Gasteiger partial charge in [0.25, 0.3) is 10.0 Å². The molecule has 1 aromatic rings.